The zero-order chi connectivity index (χ0) is 11.7. The second kappa shape index (κ2) is 9.21. The maximum absolute atomic E-state index is 2.67. The largest absolute Gasteiger partial charge is 0.298 e. The normalized spacial score (nSPS) is 15.6. The van der Waals surface area contributed by atoms with Crippen LogP contribution < -0.4 is 0 Å². The van der Waals surface area contributed by atoms with Gasteiger partial charge in [0, 0.05) is 12.1 Å². The van der Waals surface area contributed by atoms with Crippen molar-refractivity contribution in [2.75, 3.05) is 6.54 Å². The molecule has 1 nitrogen and oxygen atoms in total. The van der Waals surface area contributed by atoms with Gasteiger partial charge in [-0.3, -0.25) is 4.90 Å². The van der Waals surface area contributed by atoms with Crippen LogP contribution in [0.1, 0.15) is 73.1 Å². The maximum Gasteiger partial charge on any atom is 0.00696 e. The van der Waals surface area contributed by atoms with Crippen LogP contribution in [0, 0.1) is 0 Å². The number of rotatable bonds is 9. The van der Waals surface area contributed by atoms with Gasteiger partial charge in [0.15, 0.2) is 0 Å². The van der Waals surface area contributed by atoms with Crippen molar-refractivity contribution >= 4 is 0 Å². The maximum atomic E-state index is 2.67. The van der Waals surface area contributed by atoms with Crippen molar-refractivity contribution in [3.05, 3.63) is 0 Å². The molecule has 0 saturated carbocycles. The average Bonchev–Trinajstić information content (AvgIpc) is 2.24. The van der Waals surface area contributed by atoms with Gasteiger partial charge in [-0.1, -0.05) is 46.5 Å². The molecule has 0 N–H and O–H groups in total. The summed E-state index contributed by atoms with van der Waals surface area (Å²) < 4.78 is 0. The molecule has 0 aromatic carbocycles. The molecular weight excluding hydrogens is 182 g/mol. The summed E-state index contributed by atoms with van der Waals surface area (Å²) in [5.74, 6) is 0. The molecule has 0 aliphatic heterocycles. The summed E-state index contributed by atoms with van der Waals surface area (Å²) in [5.41, 5.74) is 0. The van der Waals surface area contributed by atoms with E-state index in [0.29, 0.717) is 0 Å². The molecule has 0 bridgehead atoms. The third-order valence-corrected chi connectivity index (χ3v) is 3.45. The monoisotopic (exact) mass is 213 g/mol. The molecule has 0 rings (SSSR count). The second-order valence-corrected chi connectivity index (χ2v) is 4.81. The lowest BCUT2D eigenvalue weighted by molar-refractivity contribution is 0.144. The molecule has 15 heavy (non-hydrogen) atoms. The highest BCUT2D eigenvalue weighted by Gasteiger charge is 2.17. The molecule has 92 valence electrons. The highest BCUT2D eigenvalue weighted by molar-refractivity contribution is 4.72. The van der Waals surface area contributed by atoms with Gasteiger partial charge < -0.3 is 0 Å². The Morgan fingerprint density at radius 2 is 1.20 bits per heavy atom. The minimum Gasteiger partial charge on any atom is -0.298 e. The van der Waals surface area contributed by atoms with Crippen LogP contribution in [0.4, 0.5) is 0 Å². The van der Waals surface area contributed by atoms with Gasteiger partial charge in [0.05, 0.1) is 0 Å². The van der Waals surface area contributed by atoms with Gasteiger partial charge in [0.1, 0.15) is 0 Å². The first-order valence-electron chi connectivity index (χ1n) is 6.93. The fourth-order valence-electron chi connectivity index (χ4n) is 2.39. The van der Waals surface area contributed by atoms with Crippen molar-refractivity contribution in [2.24, 2.45) is 0 Å². The van der Waals surface area contributed by atoms with E-state index in [9.17, 15) is 0 Å². The van der Waals surface area contributed by atoms with Crippen LogP contribution >= 0.6 is 0 Å². The second-order valence-electron chi connectivity index (χ2n) is 4.81. The van der Waals surface area contributed by atoms with Gasteiger partial charge in [0.2, 0.25) is 0 Å². The third-order valence-electron chi connectivity index (χ3n) is 3.45. The molecule has 0 spiro atoms. The van der Waals surface area contributed by atoms with Crippen molar-refractivity contribution in [1.82, 2.24) is 4.90 Å². The van der Waals surface area contributed by atoms with Crippen LogP contribution in [0.3, 0.4) is 0 Å². The van der Waals surface area contributed by atoms with E-state index in [1.807, 2.05) is 0 Å². The van der Waals surface area contributed by atoms with E-state index in [2.05, 4.69) is 39.5 Å². The summed E-state index contributed by atoms with van der Waals surface area (Å²) in [6, 6.07) is 1.53. The third kappa shape index (κ3) is 6.19. The summed E-state index contributed by atoms with van der Waals surface area (Å²) >= 11 is 0. The van der Waals surface area contributed by atoms with Crippen molar-refractivity contribution < 1.29 is 0 Å². The SMILES string of the molecule is CCCCC(C)N(CC)C(C)CCCC. The summed E-state index contributed by atoms with van der Waals surface area (Å²) in [4.78, 5) is 2.67. The molecule has 0 aliphatic rings. The van der Waals surface area contributed by atoms with Crippen LogP contribution in [-0.4, -0.2) is 23.5 Å². The first kappa shape index (κ1) is 15.0. The van der Waals surface area contributed by atoms with Gasteiger partial charge in [-0.05, 0) is 33.2 Å². The van der Waals surface area contributed by atoms with E-state index in [-0.39, 0.29) is 0 Å². The molecule has 0 aliphatic carbocycles. The minimum absolute atomic E-state index is 0.766. The Hall–Kier alpha value is -0.0400. The van der Waals surface area contributed by atoms with Gasteiger partial charge in [-0.15, -0.1) is 0 Å². The zero-order valence-electron chi connectivity index (χ0n) is 11.6. The van der Waals surface area contributed by atoms with Crippen LogP contribution in [0.25, 0.3) is 0 Å². The van der Waals surface area contributed by atoms with Gasteiger partial charge in [-0.2, -0.15) is 0 Å². The van der Waals surface area contributed by atoms with Crippen molar-refractivity contribution in [1.29, 1.82) is 0 Å². The molecular formula is C14H31N. The summed E-state index contributed by atoms with van der Waals surface area (Å²) in [6.45, 7) is 12.8. The van der Waals surface area contributed by atoms with E-state index in [0.717, 1.165) is 12.1 Å². The Kier molecular flexibility index (Phi) is 9.18. The molecule has 2 unspecified atom stereocenters. The first-order valence-corrected chi connectivity index (χ1v) is 6.93. The summed E-state index contributed by atoms with van der Waals surface area (Å²) in [5, 5.41) is 0. The number of hydrogen-bond acceptors (Lipinski definition) is 1. The van der Waals surface area contributed by atoms with Gasteiger partial charge >= 0.3 is 0 Å². The topological polar surface area (TPSA) is 3.24 Å². The van der Waals surface area contributed by atoms with E-state index in [1.54, 1.807) is 0 Å². The lowest BCUT2D eigenvalue weighted by atomic mass is 10.0. The van der Waals surface area contributed by atoms with Gasteiger partial charge in [-0.25, -0.2) is 0 Å². The van der Waals surface area contributed by atoms with Crippen molar-refractivity contribution in [2.45, 2.75) is 85.2 Å². The van der Waals surface area contributed by atoms with Crippen molar-refractivity contribution in [3.8, 4) is 0 Å². The van der Waals surface area contributed by atoms with Crippen LogP contribution in [0.2, 0.25) is 0 Å². The summed E-state index contributed by atoms with van der Waals surface area (Å²) in [7, 11) is 0. The highest BCUT2D eigenvalue weighted by atomic mass is 15.2. The highest BCUT2D eigenvalue weighted by Crippen LogP contribution is 2.15. The predicted molar refractivity (Wildman–Crippen MR) is 70.4 cm³/mol. The molecule has 0 aromatic heterocycles. The Morgan fingerprint density at radius 3 is 1.47 bits per heavy atom. The van der Waals surface area contributed by atoms with Gasteiger partial charge in [0.25, 0.3) is 0 Å². The predicted octanol–water partition coefficient (Wildman–Crippen LogP) is 4.47. The van der Waals surface area contributed by atoms with Crippen LogP contribution in [-0.2, 0) is 0 Å². The first-order chi connectivity index (χ1) is 7.17. The minimum atomic E-state index is 0.766. The number of nitrogens with zero attached hydrogens (tertiary/aromatic N) is 1. The summed E-state index contributed by atoms with van der Waals surface area (Å²) in [6.07, 6.45) is 8.12. The molecule has 0 amide bonds. The molecule has 0 saturated heterocycles. The molecule has 1 heteroatoms. The zero-order valence-corrected chi connectivity index (χ0v) is 11.6. The Labute approximate surface area is 97.2 Å². The average molecular weight is 213 g/mol. The van der Waals surface area contributed by atoms with E-state index in [4.69, 9.17) is 0 Å². The smallest absolute Gasteiger partial charge is 0.00696 e. The molecule has 2 atom stereocenters. The molecule has 0 aromatic rings. The molecule has 0 fully saturated rings. The van der Waals surface area contributed by atoms with Crippen molar-refractivity contribution in [3.63, 3.8) is 0 Å². The molecule has 0 radical (unpaired) electrons. The Bertz CT molecular complexity index is 119. The van der Waals surface area contributed by atoms with Crippen LogP contribution in [0.5, 0.6) is 0 Å². The Morgan fingerprint density at radius 1 is 0.800 bits per heavy atom. The van der Waals surface area contributed by atoms with E-state index in [1.165, 1.54) is 45.1 Å². The fraction of sp³-hybridized carbons (Fsp3) is 1.00. The molecule has 0 heterocycles. The number of hydrogen-bond donors (Lipinski definition) is 0. The standard InChI is InChI=1S/C14H31N/c1-6-9-11-13(4)15(8-3)14(5)12-10-7-2/h13-14H,6-12H2,1-5H3. The van der Waals surface area contributed by atoms with Crippen LogP contribution in [0.15, 0.2) is 0 Å². The van der Waals surface area contributed by atoms with E-state index < -0.39 is 0 Å². The lowest BCUT2D eigenvalue weighted by Gasteiger charge is -2.33. The lowest BCUT2D eigenvalue weighted by Crippen LogP contribution is -2.40. The Balaban J connectivity index is 3.96. The number of unbranched alkanes of at least 4 members (excludes halogenated alkanes) is 2. The quantitative estimate of drug-likeness (QED) is 0.546. The van der Waals surface area contributed by atoms with E-state index >= 15 is 0 Å². The fourth-order valence-corrected chi connectivity index (χ4v) is 2.39.